The minimum absolute atomic E-state index is 0.103. The molecule has 1 aromatic heterocycles. The number of nitrogens with two attached hydrogens (primary N) is 1. The summed E-state index contributed by atoms with van der Waals surface area (Å²) in [5.74, 6) is 1.50. The van der Waals surface area contributed by atoms with Crippen LogP contribution in [0.4, 0.5) is 17.2 Å². The van der Waals surface area contributed by atoms with Crippen molar-refractivity contribution in [2.24, 2.45) is 5.92 Å². The highest BCUT2D eigenvalue weighted by atomic mass is 16.5. The van der Waals surface area contributed by atoms with E-state index >= 15 is 0 Å². The number of hydrogen-bond donors (Lipinski definition) is 3. The molecule has 35 heavy (non-hydrogen) atoms. The lowest BCUT2D eigenvalue weighted by Gasteiger charge is -2.37. The van der Waals surface area contributed by atoms with E-state index in [0.29, 0.717) is 23.2 Å². The number of aromatic nitrogens is 1. The number of ether oxygens (including phenoxy) is 1. The number of piperidine rings is 2. The van der Waals surface area contributed by atoms with Crippen LogP contribution in [-0.2, 0) is 16.1 Å². The van der Waals surface area contributed by atoms with Gasteiger partial charge in [-0.15, -0.1) is 0 Å². The number of nitrogen functional groups attached to an aromatic ring is 1. The first-order valence-corrected chi connectivity index (χ1v) is 12.3. The first kappa shape index (κ1) is 24.8. The Balaban J connectivity index is 1.25. The number of likely N-dealkylation sites (tertiary alicyclic amines) is 2. The van der Waals surface area contributed by atoms with Crippen LogP contribution >= 0.6 is 0 Å². The lowest BCUT2D eigenvalue weighted by atomic mass is 9.93. The molecule has 4 N–H and O–H groups in total. The number of nitrogens with one attached hydrogen (secondary N) is 2. The molecular formula is C26H36N6O3. The summed E-state index contributed by atoms with van der Waals surface area (Å²) in [6.45, 7) is 5.67. The van der Waals surface area contributed by atoms with E-state index in [-0.39, 0.29) is 17.9 Å². The molecule has 2 fully saturated rings. The van der Waals surface area contributed by atoms with E-state index in [2.05, 4.69) is 20.5 Å². The summed E-state index contributed by atoms with van der Waals surface area (Å²) in [4.78, 5) is 33.3. The van der Waals surface area contributed by atoms with Crippen LogP contribution in [0.5, 0.6) is 5.75 Å². The lowest BCUT2D eigenvalue weighted by molar-refractivity contribution is -0.138. The van der Waals surface area contributed by atoms with Crippen LogP contribution in [0.2, 0.25) is 0 Å². The zero-order valence-electron chi connectivity index (χ0n) is 20.6. The molecule has 2 aliphatic rings. The SMILES string of the molecule is COc1ccc(NC2CCN(C(=O)C3CCN(Cc4ccnc(N)c4)CC3)CC2)c(NC(C)=O)c1. The number of pyridine rings is 1. The molecule has 0 unspecified atom stereocenters. The molecule has 0 aliphatic carbocycles. The molecule has 1 aromatic carbocycles. The highest BCUT2D eigenvalue weighted by Crippen LogP contribution is 2.30. The van der Waals surface area contributed by atoms with Crippen molar-refractivity contribution >= 4 is 29.0 Å². The van der Waals surface area contributed by atoms with Crippen LogP contribution < -0.4 is 21.1 Å². The number of nitrogens with zero attached hydrogens (tertiary/aromatic N) is 3. The number of methoxy groups -OCH3 is 1. The second-order valence-electron chi connectivity index (χ2n) is 9.48. The van der Waals surface area contributed by atoms with Gasteiger partial charge in [-0.2, -0.15) is 0 Å². The van der Waals surface area contributed by atoms with E-state index in [1.165, 1.54) is 6.92 Å². The predicted molar refractivity (Wildman–Crippen MR) is 137 cm³/mol. The molecule has 2 amide bonds. The molecule has 2 aliphatic heterocycles. The van der Waals surface area contributed by atoms with Gasteiger partial charge in [-0.05, 0) is 68.6 Å². The number of hydrogen-bond acceptors (Lipinski definition) is 7. The Kier molecular flexibility index (Phi) is 8.07. The van der Waals surface area contributed by atoms with E-state index in [9.17, 15) is 9.59 Å². The second-order valence-corrected chi connectivity index (χ2v) is 9.48. The Bertz CT molecular complexity index is 1030. The van der Waals surface area contributed by atoms with Crippen molar-refractivity contribution in [2.45, 2.75) is 45.2 Å². The molecule has 0 atom stereocenters. The van der Waals surface area contributed by atoms with Gasteiger partial charge in [0.2, 0.25) is 11.8 Å². The van der Waals surface area contributed by atoms with Crippen molar-refractivity contribution < 1.29 is 14.3 Å². The summed E-state index contributed by atoms with van der Waals surface area (Å²) in [5.41, 5.74) is 8.53. The normalized spacial score (nSPS) is 17.7. The van der Waals surface area contributed by atoms with Gasteiger partial charge >= 0.3 is 0 Å². The van der Waals surface area contributed by atoms with Crippen LogP contribution in [-0.4, -0.2) is 65.9 Å². The Hall–Kier alpha value is -3.33. The van der Waals surface area contributed by atoms with Crippen LogP contribution in [0.25, 0.3) is 0 Å². The third-order valence-corrected chi connectivity index (χ3v) is 6.89. The third-order valence-electron chi connectivity index (χ3n) is 6.89. The fourth-order valence-electron chi connectivity index (χ4n) is 4.98. The summed E-state index contributed by atoms with van der Waals surface area (Å²) < 4.78 is 5.29. The van der Waals surface area contributed by atoms with Gasteiger partial charge in [-0.3, -0.25) is 14.5 Å². The minimum Gasteiger partial charge on any atom is -0.497 e. The first-order valence-electron chi connectivity index (χ1n) is 12.3. The molecule has 188 valence electrons. The predicted octanol–water partition coefficient (Wildman–Crippen LogP) is 2.95. The van der Waals surface area contributed by atoms with Gasteiger partial charge in [0.25, 0.3) is 0 Å². The van der Waals surface area contributed by atoms with Gasteiger partial charge in [0.1, 0.15) is 11.6 Å². The quantitative estimate of drug-likeness (QED) is 0.558. The van der Waals surface area contributed by atoms with E-state index in [0.717, 1.165) is 69.7 Å². The Morgan fingerprint density at radius 3 is 2.46 bits per heavy atom. The fraction of sp³-hybridized carbons (Fsp3) is 0.500. The van der Waals surface area contributed by atoms with E-state index < -0.39 is 0 Å². The average molecular weight is 481 g/mol. The van der Waals surface area contributed by atoms with E-state index in [1.54, 1.807) is 13.3 Å². The molecule has 9 nitrogen and oxygen atoms in total. The summed E-state index contributed by atoms with van der Waals surface area (Å²) in [6, 6.07) is 9.78. The summed E-state index contributed by atoms with van der Waals surface area (Å²) in [7, 11) is 1.60. The zero-order valence-corrected chi connectivity index (χ0v) is 20.6. The molecule has 0 saturated carbocycles. The maximum Gasteiger partial charge on any atom is 0.225 e. The lowest BCUT2D eigenvalue weighted by Crippen LogP contribution is -2.47. The van der Waals surface area contributed by atoms with Crippen molar-refractivity contribution in [1.82, 2.24) is 14.8 Å². The number of carbonyl (C=O) groups is 2. The number of rotatable bonds is 7. The van der Waals surface area contributed by atoms with Crippen molar-refractivity contribution in [3.63, 3.8) is 0 Å². The number of amides is 2. The maximum absolute atomic E-state index is 13.2. The summed E-state index contributed by atoms with van der Waals surface area (Å²) in [6.07, 6.45) is 5.28. The van der Waals surface area contributed by atoms with Gasteiger partial charge in [0.05, 0.1) is 18.5 Å². The highest BCUT2D eigenvalue weighted by Gasteiger charge is 2.31. The van der Waals surface area contributed by atoms with Crippen LogP contribution in [0.1, 0.15) is 38.2 Å². The van der Waals surface area contributed by atoms with Crippen LogP contribution in [0, 0.1) is 5.92 Å². The molecule has 2 saturated heterocycles. The fourth-order valence-corrected chi connectivity index (χ4v) is 4.98. The average Bonchev–Trinajstić information content (AvgIpc) is 2.85. The summed E-state index contributed by atoms with van der Waals surface area (Å²) in [5, 5.41) is 6.42. The molecule has 3 heterocycles. The second kappa shape index (κ2) is 11.4. The zero-order chi connectivity index (χ0) is 24.8. The molecule has 0 spiro atoms. The van der Waals surface area contributed by atoms with Gasteiger partial charge in [-0.1, -0.05) is 0 Å². The monoisotopic (exact) mass is 480 g/mol. The molecular weight excluding hydrogens is 444 g/mol. The van der Waals surface area contributed by atoms with Gasteiger partial charge < -0.3 is 26.0 Å². The van der Waals surface area contributed by atoms with Gasteiger partial charge in [0.15, 0.2) is 0 Å². The van der Waals surface area contributed by atoms with Gasteiger partial charge in [-0.25, -0.2) is 4.98 Å². The van der Waals surface area contributed by atoms with E-state index in [1.807, 2.05) is 35.2 Å². The molecule has 0 bridgehead atoms. The highest BCUT2D eigenvalue weighted by molar-refractivity contribution is 5.93. The van der Waals surface area contributed by atoms with Crippen molar-refractivity contribution in [3.05, 3.63) is 42.1 Å². The molecule has 2 aromatic rings. The topological polar surface area (TPSA) is 113 Å². The number of carbonyl (C=O) groups excluding carboxylic acids is 2. The van der Waals surface area contributed by atoms with Gasteiger partial charge in [0, 0.05) is 50.8 Å². The number of benzene rings is 1. The Morgan fingerprint density at radius 1 is 1.06 bits per heavy atom. The Morgan fingerprint density at radius 2 is 1.80 bits per heavy atom. The smallest absolute Gasteiger partial charge is 0.225 e. The van der Waals surface area contributed by atoms with Crippen molar-refractivity contribution in [1.29, 1.82) is 0 Å². The van der Waals surface area contributed by atoms with E-state index in [4.69, 9.17) is 10.5 Å². The minimum atomic E-state index is -0.127. The standard InChI is InChI=1S/C26H36N6O3/c1-18(33)29-24-16-22(35-2)3-4-23(24)30-21-8-13-32(14-9-21)26(34)20-6-11-31(12-7-20)17-19-5-10-28-25(27)15-19/h3-5,10,15-16,20-21,30H,6-9,11-14,17H2,1-2H3,(H2,27,28)(H,29,33). The van der Waals surface area contributed by atoms with Crippen molar-refractivity contribution in [3.8, 4) is 5.75 Å². The van der Waals surface area contributed by atoms with Crippen LogP contribution in [0.3, 0.4) is 0 Å². The summed E-state index contributed by atoms with van der Waals surface area (Å²) >= 11 is 0. The van der Waals surface area contributed by atoms with Crippen molar-refractivity contribution in [2.75, 3.05) is 49.7 Å². The van der Waals surface area contributed by atoms with Crippen LogP contribution in [0.15, 0.2) is 36.5 Å². The largest absolute Gasteiger partial charge is 0.497 e. The number of anilines is 3. The molecule has 9 heteroatoms. The first-order chi connectivity index (χ1) is 16.9. The maximum atomic E-state index is 13.2. The molecule has 0 radical (unpaired) electrons. The third kappa shape index (κ3) is 6.63. The Labute approximate surface area is 207 Å². The molecule has 4 rings (SSSR count).